The van der Waals surface area contributed by atoms with Crippen molar-refractivity contribution in [1.82, 2.24) is 4.90 Å². The predicted octanol–water partition coefficient (Wildman–Crippen LogP) is 6.09. The van der Waals surface area contributed by atoms with Gasteiger partial charge in [-0.1, -0.05) is 85.8 Å². The number of halogens is 1. The third kappa shape index (κ3) is 5.23. The van der Waals surface area contributed by atoms with Crippen LogP contribution in [0.5, 0.6) is 0 Å². The fourth-order valence-electron chi connectivity index (χ4n) is 4.83. The van der Waals surface area contributed by atoms with Gasteiger partial charge in [-0.25, -0.2) is 0 Å². The molecule has 4 heteroatoms. The molecule has 4 rings (SSSR count). The Hall–Kier alpha value is -2.62. The van der Waals surface area contributed by atoms with Gasteiger partial charge in [0.25, 0.3) is 0 Å². The number of anilines is 1. The lowest BCUT2D eigenvalue weighted by Gasteiger charge is -2.49. The standard InChI is InChI=1S/C28H32N2O.ClH/c1-2-27(31)30(26-16-10-5-11-17-26)28(25-14-8-4-9-15-25)19-22-29(23-20-28)21-18-24-12-6-3-7-13-24;/h3-17H,2,18-23H2,1H3;1H. The summed E-state index contributed by atoms with van der Waals surface area (Å²) in [4.78, 5) is 17.9. The van der Waals surface area contributed by atoms with Gasteiger partial charge in [-0.2, -0.15) is 0 Å². The second-order valence-electron chi connectivity index (χ2n) is 8.39. The fourth-order valence-corrected chi connectivity index (χ4v) is 4.83. The van der Waals surface area contributed by atoms with E-state index < -0.39 is 0 Å². The smallest absolute Gasteiger partial charge is 0.227 e. The van der Waals surface area contributed by atoms with Crippen molar-refractivity contribution in [3.8, 4) is 0 Å². The van der Waals surface area contributed by atoms with Crippen molar-refractivity contribution >= 4 is 24.0 Å². The SMILES string of the molecule is CCC(=O)N(c1ccccc1)C1(c2ccccc2)CCN(CCc2ccccc2)CC1.Cl. The summed E-state index contributed by atoms with van der Waals surface area (Å²) in [6, 6.07) is 31.5. The molecule has 1 saturated heterocycles. The average Bonchev–Trinajstić information content (AvgIpc) is 2.85. The monoisotopic (exact) mass is 448 g/mol. The molecule has 0 unspecified atom stereocenters. The molecule has 168 valence electrons. The van der Waals surface area contributed by atoms with Crippen molar-refractivity contribution < 1.29 is 4.79 Å². The Morgan fingerprint density at radius 1 is 0.844 bits per heavy atom. The molecule has 1 heterocycles. The minimum absolute atomic E-state index is 0. The highest BCUT2D eigenvalue weighted by molar-refractivity contribution is 5.95. The molecule has 1 fully saturated rings. The maximum Gasteiger partial charge on any atom is 0.227 e. The van der Waals surface area contributed by atoms with Gasteiger partial charge >= 0.3 is 0 Å². The lowest BCUT2D eigenvalue weighted by molar-refractivity contribution is -0.120. The number of carbonyl (C=O) groups excluding carboxylic acids is 1. The van der Waals surface area contributed by atoms with Crippen molar-refractivity contribution in [3.63, 3.8) is 0 Å². The molecular weight excluding hydrogens is 416 g/mol. The van der Waals surface area contributed by atoms with Gasteiger partial charge in [0.1, 0.15) is 0 Å². The number of para-hydroxylation sites is 1. The molecule has 3 aromatic rings. The van der Waals surface area contributed by atoms with E-state index in [1.807, 2.05) is 25.1 Å². The van der Waals surface area contributed by atoms with Crippen molar-refractivity contribution in [2.45, 2.75) is 38.1 Å². The highest BCUT2D eigenvalue weighted by Crippen LogP contribution is 2.42. The number of piperidine rings is 1. The molecule has 3 nitrogen and oxygen atoms in total. The molecule has 0 atom stereocenters. The molecule has 0 N–H and O–H groups in total. The molecule has 32 heavy (non-hydrogen) atoms. The van der Waals surface area contributed by atoms with Gasteiger partial charge in [0.2, 0.25) is 5.91 Å². The highest BCUT2D eigenvalue weighted by Gasteiger charge is 2.43. The van der Waals surface area contributed by atoms with Crippen LogP contribution in [0.4, 0.5) is 5.69 Å². The summed E-state index contributed by atoms with van der Waals surface area (Å²) >= 11 is 0. The summed E-state index contributed by atoms with van der Waals surface area (Å²) < 4.78 is 0. The maximum absolute atomic E-state index is 13.3. The first kappa shape index (κ1) is 24.0. The number of rotatable bonds is 7. The predicted molar refractivity (Wildman–Crippen MR) is 135 cm³/mol. The van der Waals surface area contributed by atoms with Crippen molar-refractivity contribution in [2.24, 2.45) is 0 Å². The maximum atomic E-state index is 13.3. The zero-order valence-electron chi connectivity index (χ0n) is 18.8. The van der Waals surface area contributed by atoms with E-state index in [9.17, 15) is 4.79 Å². The van der Waals surface area contributed by atoms with Gasteiger partial charge in [0.05, 0.1) is 5.54 Å². The van der Waals surface area contributed by atoms with E-state index in [2.05, 4.69) is 82.6 Å². The second-order valence-corrected chi connectivity index (χ2v) is 8.39. The van der Waals surface area contributed by atoms with Crippen LogP contribution in [0.1, 0.15) is 37.3 Å². The van der Waals surface area contributed by atoms with Crippen molar-refractivity contribution in [2.75, 3.05) is 24.5 Å². The normalized spacial score (nSPS) is 15.5. The minimum atomic E-state index is -0.307. The molecule has 0 saturated carbocycles. The quantitative estimate of drug-likeness (QED) is 0.437. The molecular formula is C28H33ClN2O. The molecule has 0 radical (unpaired) electrons. The van der Waals surface area contributed by atoms with E-state index in [0.717, 1.165) is 44.6 Å². The van der Waals surface area contributed by atoms with Crippen LogP contribution in [0.25, 0.3) is 0 Å². The number of benzene rings is 3. The lowest BCUT2D eigenvalue weighted by atomic mass is 9.78. The topological polar surface area (TPSA) is 23.6 Å². The van der Waals surface area contributed by atoms with Crippen LogP contribution < -0.4 is 4.90 Å². The van der Waals surface area contributed by atoms with E-state index in [1.165, 1.54) is 11.1 Å². The van der Waals surface area contributed by atoms with Crippen LogP contribution in [0.2, 0.25) is 0 Å². The molecule has 0 aromatic heterocycles. The van der Waals surface area contributed by atoms with Gasteiger partial charge < -0.3 is 9.80 Å². The van der Waals surface area contributed by atoms with Crippen LogP contribution in [0.15, 0.2) is 91.0 Å². The largest absolute Gasteiger partial charge is 0.303 e. The number of likely N-dealkylation sites (tertiary alicyclic amines) is 1. The summed E-state index contributed by atoms with van der Waals surface area (Å²) in [5.41, 5.74) is 3.31. The lowest BCUT2D eigenvalue weighted by Crippen LogP contribution is -2.56. The van der Waals surface area contributed by atoms with Gasteiger partial charge in [0, 0.05) is 31.7 Å². The summed E-state index contributed by atoms with van der Waals surface area (Å²) in [5, 5.41) is 0. The Morgan fingerprint density at radius 3 is 1.94 bits per heavy atom. The third-order valence-corrected chi connectivity index (χ3v) is 6.55. The Bertz CT molecular complexity index is 954. The number of nitrogens with zero attached hydrogens (tertiary/aromatic N) is 2. The van der Waals surface area contributed by atoms with E-state index in [1.54, 1.807) is 0 Å². The Kier molecular flexibility index (Phi) is 8.49. The molecule has 1 aliphatic rings. The first-order chi connectivity index (χ1) is 15.2. The summed E-state index contributed by atoms with van der Waals surface area (Å²) in [6.45, 7) is 5.00. The van der Waals surface area contributed by atoms with Crippen LogP contribution in [-0.4, -0.2) is 30.4 Å². The van der Waals surface area contributed by atoms with Gasteiger partial charge in [-0.3, -0.25) is 4.79 Å². The first-order valence-electron chi connectivity index (χ1n) is 11.4. The zero-order chi connectivity index (χ0) is 21.5. The fraction of sp³-hybridized carbons (Fsp3) is 0.321. The summed E-state index contributed by atoms with van der Waals surface area (Å²) in [6.07, 6.45) is 3.44. The Balaban J connectivity index is 0.00000289. The van der Waals surface area contributed by atoms with Gasteiger partial charge in [0.15, 0.2) is 0 Å². The zero-order valence-corrected chi connectivity index (χ0v) is 19.6. The number of hydrogen-bond acceptors (Lipinski definition) is 2. The van der Waals surface area contributed by atoms with E-state index in [0.29, 0.717) is 6.42 Å². The van der Waals surface area contributed by atoms with Gasteiger partial charge in [-0.15, -0.1) is 12.4 Å². The molecule has 0 bridgehead atoms. The number of carbonyl (C=O) groups is 1. The minimum Gasteiger partial charge on any atom is -0.303 e. The molecule has 1 aliphatic heterocycles. The van der Waals surface area contributed by atoms with Crippen molar-refractivity contribution in [3.05, 3.63) is 102 Å². The Labute approximate surface area is 198 Å². The van der Waals surface area contributed by atoms with E-state index >= 15 is 0 Å². The summed E-state index contributed by atoms with van der Waals surface area (Å²) in [5.74, 6) is 0.188. The van der Waals surface area contributed by atoms with Crippen LogP contribution in [0, 0.1) is 0 Å². The highest BCUT2D eigenvalue weighted by atomic mass is 35.5. The van der Waals surface area contributed by atoms with E-state index in [-0.39, 0.29) is 23.9 Å². The molecule has 3 aromatic carbocycles. The van der Waals surface area contributed by atoms with Gasteiger partial charge in [-0.05, 0) is 42.5 Å². The van der Waals surface area contributed by atoms with Crippen LogP contribution in [-0.2, 0) is 16.8 Å². The number of hydrogen-bond donors (Lipinski definition) is 0. The van der Waals surface area contributed by atoms with Crippen LogP contribution >= 0.6 is 12.4 Å². The second kappa shape index (κ2) is 11.3. The van der Waals surface area contributed by atoms with E-state index in [4.69, 9.17) is 0 Å². The molecule has 0 spiro atoms. The average molecular weight is 449 g/mol. The Morgan fingerprint density at radius 2 is 1.38 bits per heavy atom. The first-order valence-corrected chi connectivity index (χ1v) is 11.4. The summed E-state index contributed by atoms with van der Waals surface area (Å²) in [7, 11) is 0. The molecule has 0 aliphatic carbocycles. The van der Waals surface area contributed by atoms with Crippen LogP contribution in [0.3, 0.4) is 0 Å². The third-order valence-electron chi connectivity index (χ3n) is 6.55. The number of amides is 1. The molecule has 1 amide bonds. The van der Waals surface area contributed by atoms with Crippen molar-refractivity contribution in [1.29, 1.82) is 0 Å².